The van der Waals surface area contributed by atoms with Crippen LogP contribution in [-0.2, 0) is 0 Å². The molecule has 14 heavy (non-hydrogen) atoms. The molecule has 1 rings (SSSR count). The maximum Gasteiger partial charge on any atom is 0.0564 e. The monoisotopic (exact) mass is 322 g/mol. The van der Waals surface area contributed by atoms with Crippen molar-refractivity contribution in [3.63, 3.8) is 0 Å². The molecule has 0 nitrogen and oxygen atoms in total. The minimum atomic E-state index is 1.04. The summed E-state index contributed by atoms with van der Waals surface area (Å²) >= 11 is 6.78. The van der Waals surface area contributed by atoms with E-state index in [-0.39, 0.29) is 0 Å². The molecule has 0 aromatic rings. The second-order valence-electron chi connectivity index (χ2n) is 4.32. The Morgan fingerprint density at radius 1 is 1.21 bits per heavy atom. The third-order valence-corrected chi connectivity index (χ3v) is 3.73. The molecular formula is C12H20Br2. The first-order valence-corrected chi connectivity index (χ1v) is 7.33. The number of rotatable bonds is 7. The molecule has 1 aliphatic carbocycles. The maximum atomic E-state index is 3.39. The standard InChI is InChI=1S/C12H20Br2/c1-2-3-4-6-10-9-11(10)7-5-8-12(13)14/h8,10-11H,2-7,9H2,1H3. The molecule has 2 heteroatoms. The average Bonchev–Trinajstić information content (AvgIpc) is 2.84. The second kappa shape index (κ2) is 7.05. The van der Waals surface area contributed by atoms with Gasteiger partial charge in [-0.3, -0.25) is 0 Å². The van der Waals surface area contributed by atoms with Crippen molar-refractivity contribution in [1.29, 1.82) is 0 Å². The molecule has 0 saturated heterocycles. The zero-order valence-electron chi connectivity index (χ0n) is 8.94. The fraction of sp³-hybridized carbons (Fsp3) is 0.833. The zero-order valence-corrected chi connectivity index (χ0v) is 12.1. The molecule has 2 atom stereocenters. The van der Waals surface area contributed by atoms with Crippen LogP contribution in [-0.4, -0.2) is 0 Å². The summed E-state index contributed by atoms with van der Waals surface area (Å²) in [6.07, 6.45) is 12.1. The summed E-state index contributed by atoms with van der Waals surface area (Å²) in [5.74, 6) is 2.12. The van der Waals surface area contributed by atoms with E-state index < -0.39 is 0 Å². The van der Waals surface area contributed by atoms with Crippen molar-refractivity contribution in [2.24, 2.45) is 11.8 Å². The fourth-order valence-electron chi connectivity index (χ4n) is 2.08. The molecule has 0 heterocycles. The zero-order chi connectivity index (χ0) is 10.4. The number of allylic oxidation sites excluding steroid dienone is 1. The molecule has 1 saturated carbocycles. The number of halogens is 2. The topological polar surface area (TPSA) is 0 Å². The Labute approximate surface area is 105 Å². The molecule has 1 aliphatic rings. The maximum absolute atomic E-state index is 3.39. The third-order valence-electron chi connectivity index (χ3n) is 3.08. The Bertz CT molecular complexity index is 183. The highest BCUT2D eigenvalue weighted by atomic mass is 79.9. The van der Waals surface area contributed by atoms with Crippen molar-refractivity contribution in [1.82, 2.24) is 0 Å². The number of hydrogen-bond acceptors (Lipinski definition) is 0. The summed E-state index contributed by atoms with van der Waals surface area (Å²) in [4.78, 5) is 0. The Hall–Kier alpha value is 0.700. The van der Waals surface area contributed by atoms with Gasteiger partial charge in [-0.05, 0) is 63.0 Å². The smallest absolute Gasteiger partial charge is 0.0564 e. The first-order chi connectivity index (χ1) is 6.74. The fourth-order valence-corrected chi connectivity index (χ4v) is 2.54. The van der Waals surface area contributed by atoms with Crippen LogP contribution in [0.2, 0.25) is 0 Å². The van der Waals surface area contributed by atoms with Gasteiger partial charge in [0.05, 0.1) is 3.39 Å². The highest BCUT2D eigenvalue weighted by molar-refractivity contribution is 9.28. The SMILES string of the molecule is CCCCCC1CC1CCC=C(Br)Br. The van der Waals surface area contributed by atoms with Crippen LogP contribution in [0.4, 0.5) is 0 Å². The van der Waals surface area contributed by atoms with E-state index in [0.29, 0.717) is 0 Å². The number of unbranched alkanes of at least 4 members (excludes halogenated alkanes) is 2. The van der Waals surface area contributed by atoms with Gasteiger partial charge in [0.15, 0.2) is 0 Å². The van der Waals surface area contributed by atoms with Crippen molar-refractivity contribution >= 4 is 31.9 Å². The Kier molecular flexibility index (Phi) is 6.43. The van der Waals surface area contributed by atoms with Gasteiger partial charge in [-0.25, -0.2) is 0 Å². The molecule has 0 aromatic carbocycles. The van der Waals surface area contributed by atoms with Crippen LogP contribution in [0.5, 0.6) is 0 Å². The third kappa shape index (κ3) is 5.55. The van der Waals surface area contributed by atoms with Gasteiger partial charge in [-0.15, -0.1) is 0 Å². The molecule has 0 amide bonds. The van der Waals surface area contributed by atoms with Gasteiger partial charge in [0, 0.05) is 0 Å². The normalized spacial score (nSPS) is 24.8. The van der Waals surface area contributed by atoms with Crippen LogP contribution in [0.25, 0.3) is 0 Å². The van der Waals surface area contributed by atoms with E-state index in [4.69, 9.17) is 0 Å². The van der Waals surface area contributed by atoms with Gasteiger partial charge in [0.25, 0.3) is 0 Å². The molecule has 0 spiro atoms. The van der Waals surface area contributed by atoms with Crippen molar-refractivity contribution < 1.29 is 0 Å². The number of hydrogen-bond donors (Lipinski definition) is 0. The van der Waals surface area contributed by atoms with Crippen molar-refractivity contribution in [3.05, 3.63) is 9.47 Å². The largest absolute Gasteiger partial charge is 0.0654 e. The van der Waals surface area contributed by atoms with Gasteiger partial charge in [-0.2, -0.15) is 0 Å². The Morgan fingerprint density at radius 3 is 2.57 bits per heavy atom. The predicted octanol–water partition coefficient (Wildman–Crippen LogP) is 5.61. The van der Waals surface area contributed by atoms with E-state index in [1.54, 1.807) is 0 Å². The van der Waals surface area contributed by atoms with Gasteiger partial charge >= 0.3 is 0 Å². The van der Waals surface area contributed by atoms with E-state index in [2.05, 4.69) is 44.9 Å². The van der Waals surface area contributed by atoms with Gasteiger partial charge in [0.1, 0.15) is 0 Å². The minimum Gasteiger partial charge on any atom is -0.0654 e. The van der Waals surface area contributed by atoms with E-state index in [1.165, 1.54) is 44.9 Å². The molecular weight excluding hydrogens is 304 g/mol. The predicted molar refractivity (Wildman–Crippen MR) is 70.9 cm³/mol. The van der Waals surface area contributed by atoms with Crippen molar-refractivity contribution in [2.75, 3.05) is 0 Å². The lowest BCUT2D eigenvalue weighted by Gasteiger charge is -1.98. The van der Waals surface area contributed by atoms with Crippen LogP contribution in [0.3, 0.4) is 0 Å². The van der Waals surface area contributed by atoms with Gasteiger partial charge in [-0.1, -0.05) is 38.7 Å². The van der Waals surface area contributed by atoms with Gasteiger partial charge in [0.2, 0.25) is 0 Å². The Balaban J connectivity index is 1.95. The van der Waals surface area contributed by atoms with E-state index in [9.17, 15) is 0 Å². The molecule has 1 fully saturated rings. The average molecular weight is 324 g/mol. The molecule has 0 N–H and O–H groups in total. The summed E-state index contributed by atoms with van der Waals surface area (Å²) in [6.45, 7) is 2.28. The summed E-state index contributed by atoms with van der Waals surface area (Å²) < 4.78 is 1.10. The highest BCUT2D eigenvalue weighted by Crippen LogP contribution is 2.45. The van der Waals surface area contributed by atoms with Crippen molar-refractivity contribution in [2.45, 2.75) is 51.9 Å². The molecule has 0 radical (unpaired) electrons. The second-order valence-corrected chi connectivity index (χ2v) is 7.10. The minimum absolute atomic E-state index is 1.04. The van der Waals surface area contributed by atoms with E-state index in [0.717, 1.165) is 15.2 Å². The van der Waals surface area contributed by atoms with E-state index >= 15 is 0 Å². The van der Waals surface area contributed by atoms with Crippen molar-refractivity contribution in [3.8, 4) is 0 Å². The highest BCUT2D eigenvalue weighted by Gasteiger charge is 2.34. The quantitative estimate of drug-likeness (QED) is 0.534. The van der Waals surface area contributed by atoms with Crippen LogP contribution in [0, 0.1) is 11.8 Å². The molecule has 82 valence electrons. The lowest BCUT2D eigenvalue weighted by molar-refractivity contribution is 0.566. The van der Waals surface area contributed by atoms with Crippen LogP contribution in [0.15, 0.2) is 9.47 Å². The molecule has 0 bridgehead atoms. The summed E-state index contributed by atoms with van der Waals surface area (Å²) in [7, 11) is 0. The van der Waals surface area contributed by atoms with Crippen LogP contribution in [0.1, 0.15) is 51.9 Å². The molecule has 2 unspecified atom stereocenters. The molecule has 0 aliphatic heterocycles. The summed E-state index contributed by atoms with van der Waals surface area (Å²) in [6, 6.07) is 0. The van der Waals surface area contributed by atoms with Gasteiger partial charge < -0.3 is 0 Å². The van der Waals surface area contributed by atoms with Crippen LogP contribution >= 0.6 is 31.9 Å². The lowest BCUT2D eigenvalue weighted by Crippen LogP contribution is -1.84. The Morgan fingerprint density at radius 2 is 1.93 bits per heavy atom. The first-order valence-electron chi connectivity index (χ1n) is 5.75. The first kappa shape index (κ1) is 12.8. The van der Waals surface area contributed by atoms with E-state index in [1.807, 2.05) is 0 Å². The van der Waals surface area contributed by atoms with Crippen LogP contribution < -0.4 is 0 Å². The molecule has 0 aromatic heterocycles. The lowest BCUT2D eigenvalue weighted by atomic mass is 10.1. The summed E-state index contributed by atoms with van der Waals surface area (Å²) in [5.41, 5.74) is 0. The summed E-state index contributed by atoms with van der Waals surface area (Å²) in [5, 5.41) is 0.